The number of carbonyl (C=O) groups is 2. The molecule has 0 spiro atoms. The Kier molecular flexibility index (Phi) is 6.01. The zero-order valence-electron chi connectivity index (χ0n) is 15.5. The van der Waals surface area contributed by atoms with Crippen LogP contribution in [-0.2, 0) is 9.59 Å². The second kappa shape index (κ2) is 8.43. The van der Waals surface area contributed by atoms with Gasteiger partial charge < -0.3 is 20.1 Å². The van der Waals surface area contributed by atoms with Crippen molar-refractivity contribution < 1.29 is 19.1 Å². The molecule has 2 atom stereocenters. The fraction of sp³-hybridized carbons (Fsp3) is 0.600. The first-order valence-corrected chi connectivity index (χ1v) is 9.45. The fourth-order valence-electron chi connectivity index (χ4n) is 3.63. The van der Waals surface area contributed by atoms with E-state index in [1.807, 2.05) is 0 Å². The second-order valence-electron chi connectivity index (χ2n) is 7.20. The van der Waals surface area contributed by atoms with Crippen LogP contribution in [-0.4, -0.2) is 32.1 Å². The van der Waals surface area contributed by atoms with Crippen molar-refractivity contribution in [1.82, 2.24) is 5.32 Å². The van der Waals surface area contributed by atoms with Crippen LogP contribution < -0.4 is 20.1 Å². The molecule has 142 valence electrons. The summed E-state index contributed by atoms with van der Waals surface area (Å²) in [7, 11) is 3.12. The zero-order chi connectivity index (χ0) is 18.5. The van der Waals surface area contributed by atoms with Crippen molar-refractivity contribution in [2.24, 2.45) is 11.8 Å². The van der Waals surface area contributed by atoms with E-state index in [4.69, 9.17) is 9.47 Å². The predicted octanol–water partition coefficient (Wildman–Crippen LogP) is 3.12. The van der Waals surface area contributed by atoms with Crippen LogP contribution in [0.4, 0.5) is 5.69 Å². The molecule has 2 aliphatic rings. The first-order chi connectivity index (χ1) is 12.6. The monoisotopic (exact) mass is 360 g/mol. The van der Waals surface area contributed by atoms with Gasteiger partial charge in [-0.15, -0.1) is 0 Å². The van der Waals surface area contributed by atoms with Gasteiger partial charge >= 0.3 is 0 Å². The highest BCUT2D eigenvalue weighted by Crippen LogP contribution is 2.40. The van der Waals surface area contributed by atoms with Crippen molar-refractivity contribution in [3.8, 4) is 11.5 Å². The largest absolute Gasteiger partial charge is 0.497 e. The van der Waals surface area contributed by atoms with Gasteiger partial charge in [-0.2, -0.15) is 0 Å². The molecule has 2 fully saturated rings. The topological polar surface area (TPSA) is 76.7 Å². The molecule has 0 aromatic heterocycles. The molecule has 0 saturated heterocycles. The Labute approximate surface area is 154 Å². The minimum atomic E-state index is -0.257. The number of ether oxygens (including phenoxy) is 2. The summed E-state index contributed by atoms with van der Waals surface area (Å²) in [5, 5.41) is 6.02. The lowest BCUT2D eigenvalue weighted by molar-refractivity contribution is -0.125. The summed E-state index contributed by atoms with van der Waals surface area (Å²) >= 11 is 0. The van der Waals surface area contributed by atoms with E-state index in [2.05, 4.69) is 10.6 Å². The summed E-state index contributed by atoms with van der Waals surface area (Å²) in [4.78, 5) is 24.9. The van der Waals surface area contributed by atoms with Crippen LogP contribution in [0.2, 0.25) is 0 Å². The Hall–Kier alpha value is -2.24. The Morgan fingerprint density at radius 3 is 2.31 bits per heavy atom. The van der Waals surface area contributed by atoms with Crippen LogP contribution in [0.5, 0.6) is 11.5 Å². The number of rotatable bonds is 6. The lowest BCUT2D eigenvalue weighted by Crippen LogP contribution is -2.36. The van der Waals surface area contributed by atoms with Crippen molar-refractivity contribution >= 4 is 17.5 Å². The summed E-state index contributed by atoms with van der Waals surface area (Å²) in [5.74, 6) is 0.632. The van der Waals surface area contributed by atoms with Crippen LogP contribution in [0.15, 0.2) is 18.2 Å². The van der Waals surface area contributed by atoms with Gasteiger partial charge in [-0.3, -0.25) is 9.59 Å². The molecule has 6 nitrogen and oxygen atoms in total. The van der Waals surface area contributed by atoms with Crippen LogP contribution in [0.3, 0.4) is 0 Å². The van der Waals surface area contributed by atoms with E-state index in [9.17, 15) is 9.59 Å². The first-order valence-electron chi connectivity index (χ1n) is 9.45. The summed E-state index contributed by atoms with van der Waals surface area (Å²) in [6.45, 7) is 0. The van der Waals surface area contributed by atoms with Gasteiger partial charge in [0.15, 0.2) is 0 Å². The van der Waals surface area contributed by atoms with Crippen molar-refractivity contribution in [3.05, 3.63) is 18.2 Å². The smallest absolute Gasteiger partial charge is 0.228 e. The van der Waals surface area contributed by atoms with Gasteiger partial charge in [0.05, 0.1) is 31.7 Å². The van der Waals surface area contributed by atoms with Crippen LogP contribution in [0, 0.1) is 11.8 Å². The van der Waals surface area contributed by atoms with Crippen LogP contribution in [0.25, 0.3) is 0 Å². The third-order valence-corrected chi connectivity index (χ3v) is 5.33. The number of amides is 2. The maximum Gasteiger partial charge on any atom is 0.228 e. The molecule has 26 heavy (non-hydrogen) atoms. The third-order valence-electron chi connectivity index (χ3n) is 5.33. The van der Waals surface area contributed by atoms with Gasteiger partial charge in [-0.1, -0.05) is 25.7 Å². The molecule has 2 aliphatic carbocycles. The zero-order valence-corrected chi connectivity index (χ0v) is 15.5. The van der Waals surface area contributed by atoms with E-state index in [1.54, 1.807) is 32.4 Å². The molecule has 3 rings (SSSR count). The molecule has 0 heterocycles. The number of benzene rings is 1. The number of methoxy groups -OCH3 is 2. The average Bonchev–Trinajstić information content (AvgIpc) is 3.47. The number of nitrogens with one attached hydrogen (secondary N) is 2. The molecule has 2 unspecified atom stereocenters. The van der Waals surface area contributed by atoms with Gasteiger partial charge in [-0.25, -0.2) is 0 Å². The van der Waals surface area contributed by atoms with Crippen LogP contribution in [0.1, 0.15) is 44.9 Å². The molecule has 2 N–H and O–H groups in total. The van der Waals surface area contributed by atoms with E-state index in [-0.39, 0.29) is 29.7 Å². The molecule has 0 radical (unpaired) electrons. The minimum absolute atomic E-state index is 0.0266. The Balaban J connectivity index is 1.53. The molecular weight excluding hydrogens is 332 g/mol. The SMILES string of the molecule is COc1ccc(NC(=O)C2CC2C(=O)NC2CCCCCC2)c(OC)c1. The number of carbonyl (C=O) groups excluding carboxylic acids is 2. The highest BCUT2D eigenvalue weighted by molar-refractivity contribution is 6.00. The van der Waals surface area contributed by atoms with Crippen molar-refractivity contribution in [2.45, 2.75) is 51.0 Å². The van der Waals surface area contributed by atoms with Gasteiger partial charge in [-0.05, 0) is 31.4 Å². The molecule has 6 heteroatoms. The van der Waals surface area contributed by atoms with Crippen molar-refractivity contribution in [3.63, 3.8) is 0 Å². The van der Waals surface area contributed by atoms with E-state index in [0.717, 1.165) is 12.8 Å². The molecule has 1 aromatic rings. The van der Waals surface area contributed by atoms with Gasteiger partial charge in [0.25, 0.3) is 0 Å². The summed E-state index contributed by atoms with van der Waals surface area (Å²) in [6, 6.07) is 5.51. The average molecular weight is 360 g/mol. The normalized spacial score (nSPS) is 22.8. The maximum absolute atomic E-state index is 12.5. The first kappa shape index (κ1) is 18.5. The standard InChI is InChI=1S/C20H28N2O4/c1-25-14-9-10-17(18(11-14)26-2)22-20(24)16-12-15(16)19(23)21-13-7-5-3-4-6-8-13/h9-11,13,15-16H,3-8,12H2,1-2H3,(H,21,23)(H,22,24). The minimum Gasteiger partial charge on any atom is -0.497 e. The van der Waals surface area contributed by atoms with Gasteiger partial charge in [0, 0.05) is 12.1 Å². The molecule has 1 aromatic carbocycles. The summed E-state index contributed by atoms with van der Waals surface area (Å²) < 4.78 is 10.5. The van der Waals surface area contributed by atoms with Crippen LogP contribution >= 0.6 is 0 Å². The van der Waals surface area contributed by atoms with E-state index >= 15 is 0 Å². The number of anilines is 1. The number of hydrogen-bond acceptors (Lipinski definition) is 4. The molecule has 2 amide bonds. The van der Waals surface area contributed by atoms with Gasteiger partial charge in [0.1, 0.15) is 11.5 Å². The molecule has 0 bridgehead atoms. The van der Waals surface area contributed by atoms with Crippen molar-refractivity contribution in [2.75, 3.05) is 19.5 Å². The molecular formula is C20H28N2O4. The van der Waals surface area contributed by atoms with E-state index < -0.39 is 0 Å². The quantitative estimate of drug-likeness (QED) is 0.764. The van der Waals surface area contributed by atoms with Crippen molar-refractivity contribution in [1.29, 1.82) is 0 Å². The second-order valence-corrected chi connectivity index (χ2v) is 7.20. The van der Waals surface area contributed by atoms with E-state index in [1.165, 1.54) is 25.7 Å². The highest BCUT2D eigenvalue weighted by atomic mass is 16.5. The fourth-order valence-corrected chi connectivity index (χ4v) is 3.63. The maximum atomic E-state index is 12.5. The Morgan fingerprint density at radius 1 is 0.962 bits per heavy atom. The summed E-state index contributed by atoms with van der Waals surface area (Å²) in [6.07, 6.45) is 7.59. The number of hydrogen-bond donors (Lipinski definition) is 2. The molecule has 2 saturated carbocycles. The molecule has 0 aliphatic heterocycles. The highest BCUT2D eigenvalue weighted by Gasteiger charge is 2.48. The lowest BCUT2D eigenvalue weighted by atomic mass is 10.1. The lowest BCUT2D eigenvalue weighted by Gasteiger charge is -2.16. The van der Waals surface area contributed by atoms with E-state index in [0.29, 0.717) is 23.6 Å². The summed E-state index contributed by atoms with van der Waals surface area (Å²) in [5.41, 5.74) is 0.591. The Morgan fingerprint density at radius 2 is 1.65 bits per heavy atom. The predicted molar refractivity (Wildman–Crippen MR) is 99.4 cm³/mol. The third kappa shape index (κ3) is 4.48. The van der Waals surface area contributed by atoms with Gasteiger partial charge in [0.2, 0.25) is 11.8 Å². The Bertz CT molecular complexity index is 653.